The van der Waals surface area contributed by atoms with E-state index >= 15 is 0 Å². The Labute approximate surface area is 568 Å². The predicted octanol–water partition coefficient (Wildman–Crippen LogP) is 21.6. The third-order valence-corrected chi connectivity index (χ3v) is 19.1. The van der Waals surface area contributed by atoms with Crippen LogP contribution in [0.2, 0.25) is 0 Å². The largest absolute Gasteiger partial charge is 0.472 e. The summed E-state index contributed by atoms with van der Waals surface area (Å²) in [6, 6.07) is 0. The fourth-order valence-electron chi connectivity index (χ4n) is 11.3. The van der Waals surface area contributed by atoms with Gasteiger partial charge in [0.2, 0.25) is 0 Å². The average molecular weight is 1370 g/mol. The van der Waals surface area contributed by atoms with E-state index < -0.39 is 97.5 Å². The number of carbonyl (C=O) groups excluding carboxylic acids is 4. The average Bonchev–Trinajstić information content (AvgIpc) is 1.39. The lowest BCUT2D eigenvalue weighted by Gasteiger charge is -2.21. The summed E-state index contributed by atoms with van der Waals surface area (Å²) in [5.41, 5.74) is 0. The van der Waals surface area contributed by atoms with Gasteiger partial charge >= 0.3 is 39.5 Å². The van der Waals surface area contributed by atoms with Gasteiger partial charge in [0.15, 0.2) is 12.2 Å². The molecule has 0 saturated carbocycles. The second kappa shape index (κ2) is 66.0. The van der Waals surface area contributed by atoms with E-state index in [1.807, 2.05) is 0 Å². The zero-order valence-corrected chi connectivity index (χ0v) is 62.3. The quantitative estimate of drug-likeness (QED) is 0.0222. The summed E-state index contributed by atoms with van der Waals surface area (Å²) in [4.78, 5) is 72.7. The summed E-state index contributed by atoms with van der Waals surface area (Å²) >= 11 is 0. The lowest BCUT2D eigenvalue weighted by atomic mass is 10.0. The molecule has 5 atom stereocenters. The maximum absolute atomic E-state index is 13.1. The van der Waals surface area contributed by atoms with E-state index in [1.165, 1.54) is 199 Å². The zero-order valence-electron chi connectivity index (χ0n) is 60.6. The second-order valence-corrected chi connectivity index (χ2v) is 30.5. The highest BCUT2D eigenvalue weighted by Gasteiger charge is 2.30. The highest BCUT2D eigenvalue weighted by atomic mass is 31.2. The topological polar surface area (TPSA) is 237 Å². The van der Waals surface area contributed by atoms with Gasteiger partial charge in [0.1, 0.15) is 19.3 Å². The van der Waals surface area contributed by atoms with Gasteiger partial charge in [-0.05, 0) is 37.5 Å². The molecule has 0 aliphatic heterocycles. The number of hydrogen-bond donors (Lipinski definition) is 3. The van der Waals surface area contributed by atoms with Crippen LogP contribution in [0.25, 0.3) is 0 Å². The standard InChI is InChI=1S/C74H144O17P2/c1-7-9-11-13-15-17-19-20-21-22-23-24-25-26-27-29-31-40-46-52-58-73(78)90-69(63-85-72(77)57-51-45-39-34-32-36-42-48-54-66(3)4)64-88-92(80,81)86-60-68(75)61-87-93(82,83)89-65-70(91-74(79)59-53-47-41-35-33-37-43-49-55-67(5)6)62-84-71(76)56-50-44-38-30-28-18-16-14-12-10-8-2/h66-70,75H,7-65H2,1-6H3,(H,80,81)(H,82,83)/t68-,69-,70-/m1/s1. The van der Waals surface area contributed by atoms with E-state index in [9.17, 15) is 43.2 Å². The lowest BCUT2D eigenvalue weighted by Crippen LogP contribution is -2.30. The van der Waals surface area contributed by atoms with Gasteiger partial charge in [-0.2, -0.15) is 0 Å². The van der Waals surface area contributed by atoms with Crippen molar-refractivity contribution >= 4 is 39.5 Å². The maximum atomic E-state index is 13.1. The van der Waals surface area contributed by atoms with Gasteiger partial charge in [0, 0.05) is 25.7 Å². The summed E-state index contributed by atoms with van der Waals surface area (Å²) in [5, 5.41) is 10.6. The number of aliphatic hydroxyl groups excluding tert-OH is 1. The van der Waals surface area contributed by atoms with Crippen molar-refractivity contribution in [3.63, 3.8) is 0 Å². The number of unbranched alkanes of at least 4 members (excludes halogenated alkanes) is 43. The molecule has 0 aliphatic rings. The fraction of sp³-hybridized carbons (Fsp3) is 0.946. The van der Waals surface area contributed by atoms with Crippen LogP contribution in [-0.2, 0) is 65.4 Å². The Morgan fingerprint density at radius 1 is 0.290 bits per heavy atom. The third-order valence-electron chi connectivity index (χ3n) is 17.2. The summed E-state index contributed by atoms with van der Waals surface area (Å²) < 4.78 is 68.4. The Bertz CT molecular complexity index is 1800. The Kier molecular flexibility index (Phi) is 64.6. The normalized spacial score (nSPS) is 14.1. The number of esters is 4. The molecule has 0 saturated heterocycles. The van der Waals surface area contributed by atoms with Crippen LogP contribution in [-0.4, -0.2) is 96.7 Å². The summed E-state index contributed by atoms with van der Waals surface area (Å²) in [6.07, 6.45) is 52.9. The predicted molar refractivity (Wildman–Crippen MR) is 377 cm³/mol. The van der Waals surface area contributed by atoms with E-state index in [0.717, 1.165) is 102 Å². The van der Waals surface area contributed by atoms with Crippen molar-refractivity contribution in [1.29, 1.82) is 0 Å². The Balaban J connectivity index is 5.19. The van der Waals surface area contributed by atoms with E-state index in [1.54, 1.807) is 0 Å². The zero-order chi connectivity index (χ0) is 68.6. The number of rotatable bonds is 73. The van der Waals surface area contributed by atoms with Crippen LogP contribution in [0.5, 0.6) is 0 Å². The Morgan fingerprint density at radius 3 is 0.731 bits per heavy atom. The number of phosphoric ester groups is 2. The van der Waals surface area contributed by atoms with E-state index in [2.05, 4.69) is 41.5 Å². The van der Waals surface area contributed by atoms with Gasteiger partial charge in [-0.15, -0.1) is 0 Å². The second-order valence-electron chi connectivity index (χ2n) is 27.6. The molecule has 0 amide bonds. The van der Waals surface area contributed by atoms with Crippen LogP contribution >= 0.6 is 15.6 Å². The van der Waals surface area contributed by atoms with Crippen LogP contribution in [0, 0.1) is 11.8 Å². The molecule has 17 nitrogen and oxygen atoms in total. The number of carbonyl (C=O) groups is 4. The van der Waals surface area contributed by atoms with Crippen LogP contribution < -0.4 is 0 Å². The minimum Gasteiger partial charge on any atom is -0.462 e. The number of aliphatic hydroxyl groups is 1. The van der Waals surface area contributed by atoms with Gasteiger partial charge in [-0.3, -0.25) is 37.3 Å². The molecule has 0 aromatic rings. The maximum Gasteiger partial charge on any atom is 0.472 e. The SMILES string of the molecule is CCCCCCCCCCCCCCCCCCCCCCC(=O)O[C@H](COC(=O)CCCCCCCCCCC(C)C)COP(=O)(O)OC[C@@H](O)COP(=O)(O)OC[C@@H](COC(=O)CCCCCCCCCCCCC)OC(=O)CCCCCCCCCCC(C)C. The monoisotopic (exact) mass is 1370 g/mol. The highest BCUT2D eigenvalue weighted by Crippen LogP contribution is 2.45. The van der Waals surface area contributed by atoms with Gasteiger partial charge in [-0.25, -0.2) is 9.13 Å². The first-order valence-corrected chi connectivity index (χ1v) is 41.5. The molecule has 3 N–H and O–H groups in total. The summed E-state index contributed by atoms with van der Waals surface area (Å²) in [6.45, 7) is 9.50. The molecular weight excluding hydrogens is 1220 g/mol. The number of phosphoric acid groups is 2. The van der Waals surface area contributed by atoms with Crippen molar-refractivity contribution in [2.24, 2.45) is 11.8 Å². The van der Waals surface area contributed by atoms with Crippen molar-refractivity contribution in [3.05, 3.63) is 0 Å². The lowest BCUT2D eigenvalue weighted by molar-refractivity contribution is -0.161. The van der Waals surface area contributed by atoms with Crippen LogP contribution in [0.1, 0.15) is 382 Å². The molecule has 0 aromatic carbocycles. The minimum absolute atomic E-state index is 0.105. The van der Waals surface area contributed by atoms with Crippen LogP contribution in [0.4, 0.5) is 0 Å². The molecule has 0 fully saturated rings. The van der Waals surface area contributed by atoms with Gasteiger partial charge in [0.05, 0.1) is 26.4 Å². The number of hydrogen-bond acceptors (Lipinski definition) is 15. The van der Waals surface area contributed by atoms with Gasteiger partial charge in [-0.1, -0.05) is 330 Å². The first-order valence-electron chi connectivity index (χ1n) is 38.5. The Morgan fingerprint density at radius 2 is 0.495 bits per heavy atom. The molecule has 0 spiro atoms. The first kappa shape index (κ1) is 91.1. The third kappa shape index (κ3) is 68.4. The Hall–Kier alpha value is -1.94. The highest BCUT2D eigenvalue weighted by molar-refractivity contribution is 7.47. The summed E-state index contributed by atoms with van der Waals surface area (Å²) in [7, 11) is -9.91. The molecule has 2 unspecified atom stereocenters. The van der Waals surface area contributed by atoms with E-state index in [-0.39, 0.29) is 25.7 Å². The molecule has 93 heavy (non-hydrogen) atoms. The van der Waals surface area contributed by atoms with E-state index in [4.69, 9.17) is 37.0 Å². The minimum atomic E-state index is -4.95. The van der Waals surface area contributed by atoms with Crippen molar-refractivity contribution < 1.29 is 80.2 Å². The van der Waals surface area contributed by atoms with E-state index in [0.29, 0.717) is 25.7 Å². The van der Waals surface area contributed by atoms with Crippen LogP contribution in [0.15, 0.2) is 0 Å². The van der Waals surface area contributed by atoms with Gasteiger partial charge in [0.25, 0.3) is 0 Å². The van der Waals surface area contributed by atoms with Crippen molar-refractivity contribution in [2.75, 3.05) is 39.6 Å². The first-order chi connectivity index (χ1) is 44.9. The molecule has 19 heteroatoms. The molecule has 0 radical (unpaired) electrons. The summed E-state index contributed by atoms with van der Waals surface area (Å²) in [5.74, 6) is -0.677. The molecule has 552 valence electrons. The number of ether oxygens (including phenoxy) is 4. The van der Waals surface area contributed by atoms with Crippen molar-refractivity contribution in [2.45, 2.75) is 400 Å². The molecule has 0 aliphatic carbocycles. The molecular formula is C74H144O17P2. The van der Waals surface area contributed by atoms with Crippen molar-refractivity contribution in [1.82, 2.24) is 0 Å². The molecule has 0 bridgehead atoms. The molecule has 0 aromatic heterocycles. The van der Waals surface area contributed by atoms with Gasteiger partial charge < -0.3 is 33.8 Å². The molecule has 0 heterocycles. The smallest absolute Gasteiger partial charge is 0.462 e. The fourth-order valence-corrected chi connectivity index (χ4v) is 12.9. The van der Waals surface area contributed by atoms with Crippen LogP contribution in [0.3, 0.4) is 0 Å². The molecule has 0 rings (SSSR count). The van der Waals surface area contributed by atoms with Crippen molar-refractivity contribution in [3.8, 4) is 0 Å².